The molecule has 2 N–H and O–H groups in total. The molecule has 3 saturated heterocycles. The molecule has 2 bridgehead atoms. The molecule has 172 valence electrons. The van der Waals surface area contributed by atoms with E-state index in [1.807, 2.05) is 37.3 Å². The highest BCUT2D eigenvalue weighted by atomic mass is 32.2. The lowest BCUT2D eigenvalue weighted by Gasteiger charge is -2.41. The Morgan fingerprint density at radius 3 is 2.66 bits per heavy atom. The van der Waals surface area contributed by atoms with Gasteiger partial charge in [-0.3, -0.25) is 14.4 Å². The number of carboxylic acid groups (broad SMARTS) is 1. The van der Waals surface area contributed by atoms with E-state index in [4.69, 9.17) is 0 Å². The van der Waals surface area contributed by atoms with Crippen molar-refractivity contribution >= 4 is 29.5 Å². The number of amides is 2. The van der Waals surface area contributed by atoms with Gasteiger partial charge in [0.05, 0.1) is 29.2 Å². The summed E-state index contributed by atoms with van der Waals surface area (Å²) in [5.41, 5.74) is 0.961. The highest BCUT2D eigenvalue weighted by Crippen LogP contribution is 2.68. The zero-order valence-corrected chi connectivity index (χ0v) is 19.2. The highest BCUT2D eigenvalue weighted by Gasteiger charge is 2.76. The second-order valence-electron chi connectivity index (χ2n) is 9.16. The van der Waals surface area contributed by atoms with Crippen molar-refractivity contribution in [2.75, 3.05) is 13.2 Å². The number of aliphatic hydroxyl groups excluding tert-OH is 1. The van der Waals surface area contributed by atoms with E-state index in [1.54, 1.807) is 17.9 Å². The molecule has 3 aliphatic rings. The molecule has 3 unspecified atom stereocenters. The van der Waals surface area contributed by atoms with Crippen LogP contribution in [-0.4, -0.2) is 73.0 Å². The van der Waals surface area contributed by atoms with Gasteiger partial charge in [-0.25, -0.2) is 0 Å². The Bertz CT molecular complexity index is 924. The van der Waals surface area contributed by atoms with Gasteiger partial charge in [0.25, 0.3) is 0 Å². The molecular weight excluding hydrogens is 428 g/mol. The number of benzene rings is 1. The Labute approximate surface area is 192 Å². The second kappa shape index (κ2) is 8.56. The van der Waals surface area contributed by atoms with Gasteiger partial charge in [0.2, 0.25) is 11.8 Å². The maximum Gasteiger partial charge on any atom is 0.308 e. The fourth-order valence-corrected chi connectivity index (χ4v) is 8.34. The minimum atomic E-state index is -0.980. The second-order valence-corrected chi connectivity index (χ2v) is 10.7. The van der Waals surface area contributed by atoms with Gasteiger partial charge >= 0.3 is 5.97 Å². The molecule has 3 aliphatic heterocycles. The molecule has 8 heteroatoms. The fourth-order valence-electron chi connectivity index (χ4n) is 5.95. The number of thioether (sulfide) groups is 1. The first-order valence-corrected chi connectivity index (χ1v) is 11.9. The van der Waals surface area contributed by atoms with Crippen LogP contribution in [0.4, 0.5) is 0 Å². The summed E-state index contributed by atoms with van der Waals surface area (Å²) < 4.78 is -0.804. The van der Waals surface area contributed by atoms with Crippen molar-refractivity contribution in [3.05, 3.63) is 48.6 Å². The van der Waals surface area contributed by atoms with Crippen LogP contribution in [0.2, 0.25) is 0 Å². The third-order valence-corrected chi connectivity index (χ3v) is 9.40. The van der Waals surface area contributed by atoms with Gasteiger partial charge in [0.15, 0.2) is 0 Å². The van der Waals surface area contributed by atoms with Crippen LogP contribution in [0.5, 0.6) is 0 Å². The van der Waals surface area contributed by atoms with E-state index in [0.29, 0.717) is 19.5 Å². The molecule has 0 aromatic heterocycles. The Hall–Kier alpha value is -2.32. The van der Waals surface area contributed by atoms with Gasteiger partial charge < -0.3 is 20.0 Å². The first-order valence-electron chi connectivity index (χ1n) is 11.0. The number of carbonyl (C=O) groups is 3. The lowest BCUT2D eigenvalue weighted by molar-refractivity contribution is -0.150. The summed E-state index contributed by atoms with van der Waals surface area (Å²) in [5, 5.41) is 19.7. The van der Waals surface area contributed by atoms with E-state index in [1.165, 1.54) is 16.7 Å². The SMILES string of the molecule is C=CCN(Cc1ccccc1)C(=O)C1N([C@H](C)CO)C(=O)[C@@H]2[C@@H](C(=O)O)[C@H]3CC(C)C12S3. The van der Waals surface area contributed by atoms with Crippen LogP contribution in [-0.2, 0) is 20.9 Å². The number of aliphatic carboxylic acids is 1. The normalized spacial score (nSPS) is 33.8. The van der Waals surface area contributed by atoms with Crippen molar-refractivity contribution in [3.63, 3.8) is 0 Å². The van der Waals surface area contributed by atoms with Gasteiger partial charge in [-0.05, 0) is 24.8 Å². The van der Waals surface area contributed by atoms with Crippen LogP contribution in [0.3, 0.4) is 0 Å². The predicted octanol–water partition coefficient (Wildman–Crippen LogP) is 2.00. The van der Waals surface area contributed by atoms with Crippen molar-refractivity contribution in [1.29, 1.82) is 0 Å². The van der Waals surface area contributed by atoms with E-state index < -0.39 is 34.6 Å². The van der Waals surface area contributed by atoms with Crippen molar-refractivity contribution in [1.82, 2.24) is 9.80 Å². The Balaban J connectivity index is 1.78. The lowest BCUT2D eigenvalue weighted by Crippen LogP contribution is -2.58. The summed E-state index contributed by atoms with van der Waals surface area (Å²) in [6, 6.07) is 8.21. The average Bonchev–Trinajstić information content (AvgIpc) is 3.37. The first kappa shape index (κ1) is 22.9. The number of nitrogens with zero attached hydrogens (tertiary/aromatic N) is 2. The monoisotopic (exact) mass is 458 g/mol. The van der Waals surface area contributed by atoms with E-state index in [-0.39, 0.29) is 29.6 Å². The summed E-state index contributed by atoms with van der Waals surface area (Å²) in [6.45, 7) is 7.92. The lowest BCUT2D eigenvalue weighted by atomic mass is 9.66. The summed E-state index contributed by atoms with van der Waals surface area (Å²) in [7, 11) is 0. The van der Waals surface area contributed by atoms with E-state index in [9.17, 15) is 24.6 Å². The van der Waals surface area contributed by atoms with Gasteiger partial charge in [-0.15, -0.1) is 18.3 Å². The highest BCUT2D eigenvalue weighted by molar-refractivity contribution is 8.02. The van der Waals surface area contributed by atoms with Crippen molar-refractivity contribution in [2.24, 2.45) is 17.8 Å². The van der Waals surface area contributed by atoms with Crippen LogP contribution >= 0.6 is 11.8 Å². The largest absolute Gasteiger partial charge is 0.481 e. The minimum absolute atomic E-state index is 0.00852. The van der Waals surface area contributed by atoms with E-state index in [2.05, 4.69) is 6.58 Å². The molecule has 3 heterocycles. The van der Waals surface area contributed by atoms with Crippen LogP contribution in [0.15, 0.2) is 43.0 Å². The third-order valence-electron chi connectivity index (χ3n) is 7.32. The Morgan fingerprint density at radius 1 is 1.38 bits per heavy atom. The van der Waals surface area contributed by atoms with Gasteiger partial charge in [-0.1, -0.05) is 43.3 Å². The van der Waals surface area contributed by atoms with Crippen LogP contribution in [0.1, 0.15) is 25.8 Å². The van der Waals surface area contributed by atoms with Crippen molar-refractivity contribution in [2.45, 2.75) is 48.9 Å². The molecule has 1 spiro atoms. The molecule has 1 aromatic rings. The zero-order chi connectivity index (χ0) is 23.2. The molecule has 0 aliphatic carbocycles. The standard InChI is InChI=1S/C24H30N2O5S/c1-4-10-25(12-16-8-6-5-7-9-16)22(29)20-24-14(2)11-17(32-24)18(23(30)31)19(24)21(28)26(20)15(3)13-27/h4-9,14-15,17-20,27H,1,10-13H2,2-3H3,(H,30,31)/t14?,15-,17-,18+,19+,20?,24?/m1/s1. The molecule has 7 atom stereocenters. The summed E-state index contributed by atoms with van der Waals surface area (Å²) in [4.78, 5) is 43.0. The molecule has 7 nitrogen and oxygen atoms in total. The number of hydrogen-bond donors (Lipinski definition) is 2. The number of likely N-dealkylation sites (tertiary alicyclic amines) is 1. The molecule has 3 fully saturated rings. The number of carboxylic acids is 1. The summed E-state index contributed by atoms with van der Waals surface area (Å²) in [5.74, 6) is -3.07. The Kier molecular flexibility index (Phi) is 6.11. The maximum absolute atomic E-state index is 14.1. The molecule has 2 amide bonds. The van der Waals surface area contributed by atoms with Crippen LogP contribution in [0, 0.1) is 17.8 Å². The van der Waals surface area contributed by atoms with Crippen LogP contribution in [0.25, 0.3) is 0 Å². The zero-order valence-electron chi connectivity index (χ0n) is 18.4. The van der Waals surface area contributed by atoms with Gasteiger partial charge in [0.1, 0.15) is 6.04 Å². The molecule has 4 rings (SSSR count). The third kappa shape index (κ3) is 3.27. The quantitative estimate of drug-likeness (QED) is 0.579. The van der Waals surface area contributed by atoms with E-state index in [0.717, 1.165) is 5.56 Å². The van der Waals surface area contributed by atoms with Gasteiger partial charge in [-0.2, -0.15) is 0 Å². The number of hydrogen-bond acceptors (Lipinski definition) is 5. The molecular formula is C24H30N2O5S. The van der Waals surface area contributed by atoms with E-state index >= 15 is 0 Å². The molecule has 1 aromatic carbocycles. The Morgan fingerprint density at radius 2 is 2.06 bits per heavy atom. The molecule has 0 radical (unpaired) electrons. The van der Waals surface area contributed by atoms with Crippen molar-refractivity contribution in [3.8, 4) is 0 Å². The van der Waals surface area contributed by atoms with Crippen LogP contribution < -0.4 is 0 Å². The topological polar surface area (TPSA) is 98.2 Å². The number of rotatable bonds is 8. The molecule has 32 heavy (non-hydrogen) atoms. The van der Waals surface area contributed by atoms with Crippen molar-refractivity contribution < 1.29 is 24.6 Å². The number of carbonyl (C=O) groups excluding carboxylic acids is 2. The molecule has 0 saturated carbocycles. The maximum atomic E-state index is 14.1. The van der Waals surface area contributed by atoms with Gasteiger partial charge in [0, 0.05) is 18.3 Å². The number of fused-ring (bicyclic) bond motifs is 1. The average molecular weight is 459 g/mol. The first-order chi connectivity index (χ1) is 15.3. The minimum Gasteiger partial charge on any atom is -0.481 e. The fraction of sp³-hybridized carbons (Fsp3) is 0.542. The number of aliphatic hydroxyl groups is 1. The predicted molar refractivity (Wildman–Crippen MR) is 122 cm³/mol. The summed E-state index contributed by atoms with van der Waals surface area (Å²) in [6.07, 6.45) is 2.33. The smallest absolute Gasteiger partial charge is 0.308 e. The summed E-state index contributed by atoms with van der Waals surface area (Å²) >= 11 is 1.51.